The van der Waals surface area contributed by atoms with Gasteiger partial charge in [0.25, 0.3) is 5.69 Å². The van der Waals surface area contributed by atoms with E-state index in [1.165, 1.54) is 25.7 Å². The third-order valence-electron chi connectivity index (χ3n) is 3.31. The first-order valence-electron chi connectivity index (χ1n) is 7.49. The molecule has 0 amide bonds. The Balaban J connectivity index is 2.27. The summed E-state index contributed by atoms with van der Waals surface area (Å²) in [6.45, 7) is 7.27. The fraction of sp³-hybridized carbons (Fsp3) is 0.625. The second-order valence-corrected chi connectivity index (χ2v) is 5.84. The Kier molecular flexibility index (Phi) is 7.05. The maximum Gasteiger partial charge on any atom is 0.271 e. The Hall–Kier alpha value is -1.58. The quantitative estimate of drug-likeness (QED) is 0.396. The van der Waals surface area contributed by atoms with Crippen LogP contribution in [0.2, 0.25) is 0 Å². The van der Waals surface area contributed by atoms with E-state index >= 15 is 0 Å². The SMILES string of the molecule is Cc1cc(NCCCCCCC(C)C)cc([N+](=O)[O-])c1. The number of unbranched alkanes of at least 4 members (excludes halogenated alkanes) is 3. The van der Waals surface area contributed by atoms with E-state index in [0.29, 0.717) is 0 Å². The summed E-state index contributed by atoms with van der Waals surface area (Å²) < 4.78 is 0. The van der Waals surface area contributed by atoms with Crippen LogP contribution in [0.1, 0.15) is 51.5 Å². The second kappa shape index (κ2) is 8.56. The molecule has 0 fully saturated rings. The molecule has 4 heteroatoms. The van der Waals surface area contributed by atoms with Crippen LogP contribution in [0, 0.1) is 23.0 Å². The molecule has 1 aromatic carbocycles. The van der Waals surface area contributed by atoms with E-state index in [0.717, 1.165) is 30.1 Å². The molecule has 0 saturated carbocycles. The van der Waals surface area contributed by atoms with Crippen LogP contribution in [0.25, 0.3) is 0 Å². The predicted molar refractivity (Wildman–Crippen MR) is 84.2 cm³/mol. The van der Waals surface area contributed by atoms with Crippen LogP contribution in [0.15, 0.2) is 18.2 Å². The second-order valence-electron chi connectivity index (χ2n) is 5.84. The fourth-order valence-corrected chi connectivity index (χ4v) is 2.23. The number of nitrogens with zero attached hydrogens (tertiary/aromatic N) is 1. The summed E-state index contributed by atoms with van der Waals surface area (Å²) in [5.74, 6) is 0.793. The van der Waals surface area contributed by atoms with Crippen molar-refractivity contribution in [2.75, 3.05) is 11.9 Å². The molecule has 0 spiro atoms. The number of nitro benzene ring substituents is 1. The maximum atomic E-state index is 10.8. The average Bonchev–Trinajstić information content (AvgIpc) is 2.36. The Morgan fingerprint density at radius 1 is 1.15 bits per heavy atom. The molecule has 0 saturated heterocycles. The van der Waals surface area contributed by atoms with Crippen LogP contribution in [-0.4, -0.2) is 11.5 Å². The molecule has 1 aromatic rings. The monoisotopic (exact) mass is 278 g/mol. The van der Waals surface area contributed by atoms with E-state index < -0.39 is 0 Å². The average molecular weight is 278 g/mol. The summed E-state index contributed by atoms with van der Waals surface area (Å²) in [7, 11) is 0. The molecular formula is C16H26N2O2. The van der Waals surface area contributed by atoms with Crippen LogP contribution >= 0.6 is 0 Å². The summed E-state index contributed by atoms with van der Waals surface area (Å²) in [6.07, 6.45) is 6.20. The highest BCUT2D eigenvalue weighted by molar-refractivity contribution is 5.53. The largest absolute Gasteiger partial charge is 0.385 e. The Morgan fingerprint density at radius 3 is 2.50 bits per heavy atom. The molecule has 0 aliphatic carbocycles. The lowest BCUT2D eigenvalue weighted by molar-refractivity contribution is -0.384. The highest BCUT2D eigenvalue weighted by atomic mass is 16.6. The number of aryl methyl sites for hydroxylation is 1. The van der Waals surface area contributed by atoms with Crippen molar-refractivity contribution in [3.05, 3.63) is 33.9 Å². The summed E-state index contributed by atoms with van der Waals surface area (Å²) in [5.41, 5.74) is 1.92. The molecular weight excluding hydrogens is 252 g/mol. The predicted octanol–water partition coefficient (Wildman–Crippen LogP) is 4.92. The van der Waals surface area contributed by atoms with E-state index in [2.05, 4.69) is 19.2 Å². The molecule has 0 atom stereocenters. The van der Waals surface area contributed by atoms with Gasteiger partial charge in [-0.05, 0) is 30.9 Å². The lowest BCUT2D eigenvalue weighted by Gasteiger charge is -2.08. The number of benzene rings is 1. The minimum atomic E-state index is -0.343. The normalized spacial score (nSPS) is 10.8. The van der Waals surface area contributed by atoms with Crippen molar-refractivity contribution in [1.29, 1.82) is 0 Å². The minimum Gasteiger partial charge on any atom is -0.385 e. The van der Waals surface area contributed by atoms with E-state index in [4.69, 9.17) is 0 Å². The Labute approximate surface area is 121 Å². The van der Waals surface area contributed by atoms with E-state index in [-0.39, 0.29) is 10.6 Å². The van der Waals surface area contributed by atoms with Gasteiger partial charge in [-0.15, -0.1) is 0 Å². The summed E-state index contributed by atoms with van der Waals surface area (Å²) in [4.78, 5) is 10.4. The molecule has 0 aliphatic rings. The number of non-ortho nitro benzene ring substituents is 1. The van der Waals surface area contributed by atoms with Crippen molar-refractivity contribution in [1.82, 2.24) is 0 Å². The molecule has 0 heterocycles. The summed E-state index contributed by atoms with van der Waals surface area (Å²) >= 11 is 0. The smallest absolute Gasteiger partial charge is 0.271 e. The molecule has 4 nitrogen and oxygen atoms in total. The van der Waals surface area contributed by atoms with Crippen LogP contribution in [0.5, 0.6) is 0 Å². The van der Waals surface area contributed by atoms with Crippen LogP contribution in [-0.2, 0) is 0 Å². The molecule has 1 rings (SSSR count). The van der Waals surface area contributed by atoms with E-state index in [1.54, 1.807) is 12.1 Å². The number of hydrogen-bond acceptors (Lipinski definition) is 3. The molecule has 0 unspecified atom stereocenters. The van der Waals surface area contributed by atoms with Gasteiger partial charge in [0.15, 0.2) is 0 Å². The molecule has 1 N–H and O–H groups in total. The maximum absolute atomic E-state index is 10.8. The van der Waals surface area contributed by atoms with Gasteiger partial charge in [0, 0.05) is 24.4 Å². The standard InChI is InChI=1S/C16H26N2O2/c1-13(2)8-6-4-5-7-9-17-15-10-14(3)11-16(12-15)18(19)20/h10-13,17H,4-9H2,1-3H3. The summed E-state index contributed by atoms with van der Waals surface area (Å²) in [6, 6.07) is 5.15. The number of nitrogens with one attached hydrogen (secondary N) is 1. The first-order valence-corrected chi connectivity index (χ1v) is 7.49. The van der Waals surface area contributed by atoms with Gasteiger partial charge in [0.05, 0.1) is 4.92 Å². The van der Waals surface area contributed by atoms with Crippen molar-refractivity contribution in [3.63, 3.8) is 0 Å². The first kappa shape index (κ1) is 16.5. The number of rotatable bonds is 9. The fourth-order valence-electron chi connectivity index (χ4n) is 2.23. The van der Waals surface area contributed by atoms with Gasteiger partial charge in [0.1, 0.15) is 0 Å². The highest BCUT2D eigenvalue weighted by Gasteiger charge is 2.07. The number of nitro groups is 1. The van der Waals surface area contributed by atoms with Crippen molar-refractivity contribution in [2.45, 2.75) is 52.9 Å². The third-order valence-corrected chi connectivity index (χ3v) is 3.31. The third kappa shape index (κ3) is 6.55. The number of anilines is 1. The van der Waals surface area contributed by atoms with E-state index in [1.807, 2.05) is 13.0 Å². The van der Waals surface area contributed by atoms with Gasteiger partial charge >= 0.3 is 0 Å². The van der Waals surface area contributed by atoms with Gasteiger partial charge in [-0.3, -0.25) is 10.1 Å². The van der Waals surface area contributed by atoms with Crippen molar-refractivity contribution < 1.29 is 4.92 Å². The molecule has 20 heavy (non-hydrogen) atoms. The van der Waals surface area contributed by atoms with Gasteiger partial charge in [-0.2, -0.15) is 0 Å². The van der Waals surface area contributed by atoms with Gasteiger partial charge in [-0.25, -0.2) is 0 Å². The zero-order valence-electron chi connectivity index (χ0n) is 12.8. The molecule has 0 radical (unpaired) electrons. The van der Waals surface area contributed by atoms with Gasteiger partial charge in [-0.1, -0.05) is 39.5 Å². The van der Waals surface area contributed by atoms with Gasteiger partial charge in [0.2, 0.25) is 0 Å². The molecule has 0 aliphatic heterocycles. The molecule has 112 valence electrons. The van der Waals surface area contributed by atoms with Crippen molar-refractivity contribution in [3.8, 4) is 0 Å². The lowest BCUT2D eigenvalue weighted by Crippen LogP contribution is -2.02. The van der Waals surface area contributed by atoms with Crippen molar-refractivity contribution >= 4 is 11.4 Å². The molecule has 0 aromatic heterocycles. The zero-order chi connectivity index (χ0) is 15.0. The van der Waals surface area contributed by atoms with Crippen LogP contribution in [0.4, 0.5) is 11.4 Å². The van der Waals surface area contributed by atoms with Crippen LogP contribution < -0.4 is 5.32 Å². The number of hydrogen-bond donors (Lipinski definition) is 1. The van der Waals surface area contributed by atoms with E-state index in [9.17, 15) is 10.1 Å². The lowest BCUT2D eigenvalue weighted by atomic mass is 10.0. The van der Waals surface area contributed by atoms with Crippen molar-refractivity contribution in [2.24, 2.45) is 5.92 Å². The van der Waals surface area contributed by atoms with Gasteiger partial charge < -0.3 is 5.32 Å². The first-order chi connectivity index (χ1) is 9.49. The Morgan fingerprint density at radius 2 is 1.85 bits per heavy atom. The zero-order valence-corrected chi connectivity index (χ0v) is 12.8. The van der Waals surface area contributed by atoms with Crippen LogP contribution in [0.3, 0.4) is 0 Å². The topological polar surface area (TPSA) is 55.2 Å². The highest BCUT2D eigenvalue weighted by Crippen LogP contribution is 2.20. The summed E-state index contributed by atoms with van der Waals surface area (Å²) in [5, 5.41) is 14.1. The Bertz CT molecular complexity index is 430. The minimum absolute atomic E-state index is 0.157. The molecule has 0 bridgehead atoms.